The first-order chi connectivity index (χ1) is 14.5. The maximum atomic E-state index is 10.6. The molecule has 3 rings (SSSR count). The number of aliphatic carboxylic acids is 1. The third-order valence-electron chi connectivity index (χ3n) is 4.74. The largest absolute Gasteiger partial charge is 0.490 e. The standard InChI is InChI=1S/C20H25NO3.C2HF3O2/c1-13(2)15-4-6-16(7-5-15)18(22)11-21-14(3)17-8-9-19-20(10-17)24-12-23-19;3-2(4,5)1(6)7/h4-10,13-14,18,21-22H,11-12H2,1-3H3;(H,6,7). The molecule has 31 heavy (non-hydrogen) atoms. The summed E-state index contributed by atoms with van der Waals surface area (Å²) in [7, 11) is 0. The van der Waals surface area contributed by atoms with Crippen molar-refractivity contribution in [1.29, 1.82) is 0 Å². The third kappa shape index (κ3) is 7.15. The SMILES string of the molecule is CC(C)c1ccc(C(O)CNC(C)c2ccc3c(c2)OCO3)cc1.O=C(O)C(F)(F)F. The van der Waals surface area contributed by atoms with Gasteiger partial charge in [0.15, 0.2) is 11.5 Å². The second-order valence-electron chi connectivity index (χ2n) is 7.38. The van der Waals surface area contributed by atoms with Crippen LogP contribution in [0.4, 0.5) is 13.2 Å². The van der Waals surface area contributed by atoms with Crippen LogP contribution in [0.2, 0.25) is 0 Å². The Morgan fingerprint density at radius 2 is 1.52 bits per heavy atom. The number of ether oxygens (including phenoxy) is 2. The molecule has 6 nitrogen and oxygen atoms in total. The minimum Gasteiger partial charge on any atom is -0.475 e. The van der Waals surface area contributed by atoms with Crippen molar-refractivity contribution in [3.05, 3.63) is 59.2 Å². The molecule has 0 saturated heterocycles. The van der Waals surface area contributed by atoms with Gasteiger partial charge in [0, 0.05) is 12.6 Å². The van der Waals surface area contributed by atoms with E-state index in [4.69, 9.17) is 19.4 Å². The zero-order chi connectivity index (χ0) is 23.2. The predicted octanol–water partition coefficient (Wildman–Crippen LogP) is 4.56. The lowest BCUT2D eigenvalue weighted by Crippen LogP contribution is -2.24. The molecule has 2 aromatic rings. The molecule has 0 aromatic heterocycles. The maximum absolute atomic E-state index is 10.6. The number of alkyl halides is 3. The van der Waals surface area contributed by atoms with E-state index in [0.717, 1.165) is 22.6 Å². The Hall–Kier alpha value is -2.78. The third-order valence-corrected chi connectivity index (χ3v) is 4.74. The van der Waals surface area contributed by atoms with Gasteiger partial charge in [0.05, 0.1) is 6.10 Å². The molecule has 0 fully saturated rings. The molecule has 0 saturated carbocycles. The first kappa shape index (κ1) is 24.5. The highest BCUT2D eigenvalue weighted by atomic mass is 19.4. The zero-order valence-electron chi connectivity index (χ0n) is 17.4. The Bertz CT molecular complexity index is 868. The van der Waals surface area contributed by atoms with Crippen LogP contribution in [0.1, 0.15) is 55.5 Å². The maximum Gasteiger partial charge on any atom is 0.490 e. The summed E-state index contributed by atoms with van der Waals surface area (Å²) >= 11 is 0. The molecule has 9 heteroatoms. The summed E-state index contributed by atoms with van der Waals surface area (Å²) in [5.74, 6) is -0.685. The molecule has 0 aliphatic carbocycles. The lowest BCUT2D eigenvalue weighted by atomic mass is 10.00. The number of aliphatic hydroxyl groups is 1. The van der Waals surface area contributed by atoms with Gasteiger partial charge in [0.2, 0.25) is 6.79 Å². The van der Waals surface area contributed by atoms with Gasteiger partial charge in [-0.2, -0.15) is 13.2 Å². The first-order valence-corrected chi connectivity index (χ1v) is 9.70. The number of nitrogens with one attached hydrogen (secondary N) is 1. The van der Waals surface area contributed by atoms with Gasteiger partial charge in [-0.3, -0.25) is 0 Å². The molecule has 0 bridgehead atoms. The second-order valence-corrected chi connectivity index (χ2v) is 7.38. The van der Waals surface area contributed by atoms with Crippen molar-refractivity contribution in [2.75, 3.05) is 13.3 Å². The number of fused-ring (bicyclic) bond motifs is 1. The van der Waals surface area contributed by atoms with Crippen LogP contribution in [0, 0.1) is 0 Å². The van der Waals surface area contributed by atoms with E-state index in [2.05, 4.69) is 38.2 Å². The molecule has 2 aromatic carbocycles. The topological polar surface area (TPSA) is 88.0 Å². The molecule has 0 amide bonds. The molecule has 3 N–H and O–H groups in total. The number of carbonyl (C=O) groups is 1. The Morgan fingerprint density at radius 3 is 2.06 bits per heavy atom. The Morgan fingerprint density at radius 1 is 1.00 bits per heavy atom. The normalized spacial score (nSPS) is 14.6. The lowest BCUT2D eigenvalue weighted by molar-refractivity contribution is -0.192. The molecule has 1 aliphatic heterocycles. The van der Waals surface area contributed by atoms with Crippen LogP contribution in [0.5, 0.6) is 11.5 Å². The summed E-state index contributed by atoms with van der Waals surface area (Å²) in [5.41, 5.74) is 3.33. The number of rotatable bonds is 6. The number of carboxylic acid groups (broad SMARTS) is 1. The van der Waals surface area contributed by atoms with Crippen molar-refractivity contribution in [2.24, 2.45) is 0 Å². The summed E-state index contributed by atoms with van der Waals surface area (Å²) in [6, 6.07) is 14.2. The van der Waals surface area contributed by atoms with E-state index in [9.17, 15) is 18.3 Å². The van der Waals surface area contributed by atoms with E-state index >= 15 is 0 Å². The molecular formula is C22H26F3NO5. The van der Waals surface area contributed by atoms with Crippen molar-refractivity contribution in [3.63, 3.8) is 0 Å². The highest BCUT2D eigenvalue weighted by molar-refractivity contribution is 5.73. The lowest BCUT2D eigenvalue weighted by Gasteiger charge is -2.18. The van der Waals surface area contributed by atoms with Gasteiger partial charge >= 0.3 is 12.1 Å². The number of halogens is 3. The van der Waals surface area contributed by atoms with Crippen LogP contribution < -0.4 is 14.8 Å². The molecule has 2 atom stereocenters. The van der Waals surface area contributed by atoms with E-state index in [1.54, 1.807) is 0 Å². The molecule has 170 valence electrons. The van der Waals surface area contributed by atoms with Gasteiger partial charge in [0.1, 0.15) is 0 Å². The van der Waals surface area contributed by atoms with E-state index < -0.39 is 18.2 Å². The highest BCUT2D eigenvalue weighted by Gasteiger charge is 2.38. The Kier molecular flexibility index (Phi) is 8.29. The van der Waals surface area contributed by atoms with Gasteiger partial charge < -0.3 is 25.0 Å². The second kappa shape index (κ2) is 10.5. The van der Waals surface area contributed by atoms with E-state index in [0.29, 0.717) is 12.5 Å². The Balaban J connectivity index is 0.000000423. The fraction of sp³-hybridized carbons (Fsp3) is 0.409. The van der Waals surface area contributed by atoms with Crippen molar-refractivity contribution in [2.45, 2.75) is 45.0 Å². The Labute approximate surface area is 178 Å². The predicted molar refractivity (Wildman–Crippen MR) is 108 cm³/mol. The van der Waals surface area contributed by atoms with Crippen LogP contribution >= 0.6 is 0 Å². The average molecular weight is 441 g/mol. The monoisotopic (exact) mass is 441 g/mol. The van der Waals surface area contributed by atoms with Crippen molar-refractivity contribution >= 4 is 5.97 Å². The van der Waals surface area contributed by atoms with E-state index in [1.165, 1.54) is 5.56 Å². The summed E-state index contributed by atoms with van der Waals surface area (Å²) < 4.78 is 42.5. The smallest absolute Gasteiger partial charge is 0.475 e. The molecule has 0 radical (unpaired) electrons. The van der Waals surface area contributed by atoms with Crippen LogP contribution in [-0.4, -0.2) is 35.7 Å². The quantitative estimate of drug-likeness (QED) is 0.609. The number of carboxylic acids is 1. The van der Waals surface area contributed by atoms with Gasteiger partial charge in [-0.05, 0) is 41.7 Å². The molecule has 2 unspecified atom stereocenters. The number of hydrogen-bond acceptors (Lipinski definition) is 5. The summed E-state index contributed by atoms with van der Waals surface area (Å²) in [6.45, 7) is 7.19. The minimum atomic E-state index is -5.08. The zero-order valence-corrected chi connectivity index (χ0v) is 17.4. The van der Waals surface area contributed by atoms with Gasteiger partial charge in [-0.15, -0.1) is 0 Å². The van der Waals surface area contributed by atoms with E-state index in [1.807, 2.05) is 30.3 Å². The van der Waals surface area contributed by atoms with Gasteiger partial charge in [-0.25, -0.2) is 4.79 Å². The summed E-state index contributed by atoms with van der Waals surface area (Å²) in [6.07, 6.45) is -5.61. The van der Waals surface area contributed by atoms with Crippen LogP contribution in [0.25, 0.3) is 0 Å². The number of hydrogen-bond donors (Lipinski definition) is 3. The summed E-state index contributed by atoms with van der Waals surface area (Å²) in [4.78, 5) is 8.90. The van der Waals surface area contributed by atoms with Gasteiger partial charge in [-0.1, -0.05) is 44.2 Å². The van der Waals surface area contributed by atoms with Crippen molar-refractivity contribution < 1.29 is 37.7 Å². The van der Waals surface area contributed by atoms with E-state index in [-0.39, 0.29) is 12.8 Å². The van der Waals surface area contributed by atoms with Crippen LogP contribution in [-0.2, 0) is 4.79 Å². The average Bonchev–Trinajstić information content (AvgIpc) is 3.19. The number of aliphatic hydroxyl groups excluding tert-OH is 1. The van der Waals surface area contributed by atoms with Gasteiger partial charge in [0.25, 0.3) is 0 Å². The molecule has 0 spiro atoms. The van der Waals surface area contributed by atoms with Crippen molar-refractivity contribution in [1.82, 2.24) is 5.32 Å². The first-order valence-electron chi connectivity index (χ1n) is 9.70. The fourth-order valence-corrected chi connectivity index (χ4v) is 2.81. The fourth-order valence-electron chi connectivity index (χ4n) is 2.81. The highest BCUT2D eigenvalue weighted by Crippen LogP contribution is 2.34. The van der Waals surface area contributed by atoms with Crippen LogP contribution in [0.3, 0.4) is 0 Å². The van der Waals surface area contributed by atoms with Crippen LogP contribution in [0.15, 0.2) is 42.5 Å². The molecular weight excluding hydrogens is 415 g/mol. The minimum absolute atomic E-state index is 0.115. The summed E-state index contributed by atoms with van der Waals surface area (Å²) in [5, 5.41) is 20.9. The molecule has 1 heterocycles. The number of benzene rings is 2. The molecule has 1 aliphatic rings. The van der Waals surface area contributed by atoms with Crippen molar-refractivity contribution in [3.8, 4) is 11.5 Å².